The first kappa shape index (κ1) is 13.4. The van der Waals surface area contributed by atoms with Crippen LogP contribution in [-0.2, 0) is 12.8 Å². The standard InChI is InChI=1S/C17H16ClFO/c1-20-15-8-4-6-12(17(15)19)10-13-9-11-5-2-3-7-14(11)16(13)18/h2-8,13,16H,9-10H2,1H3. The van der Waals surface area contributed by atoms with Gasteiger partial charge in [-0.3, -0.25) is 0 Å². The fraction of sp³-hybridized carbons (Fsp3) is 0.294. The van der Waals surface area contributed by atoms with Gasteiger partial charge in [-0.2, -0.15) is 0 Å². The van der Waals surface area contributed by atoms with Gasteiger partial charge in [-0.15, -0.1) is 11.6 Å². The van der Waals surface area contributed by atoms with E-state index in [1.54, 1.807) is 6.07 Å². The molecule has 104 valence electrons. The molecule has 0 spiro atoms. The second-order valence-electron chi connectivity index (χ2n) is 5.20. The molecule has 0 bridgehead atoms. The van der Waals surface area contributed by atoms with E-state index in [0.717, 1.165) is 6.42 Å². The Kier molecular flexibility index (Phi) is 3.66. The Bertz CT molecular complexity index is 626. The van der Waals surface area contributed by atoms with Gasteiger partial charge in [0.15, 0.2) is 11.6 Å². The largest absolute Gasteiger partial charge is 0.494 e. The first-order chi connectivity index (χ1) is 9.70. The van der Waals surface area contributed by atoms with E-state index < -0.39 is 0 Å². The molecule has 1 aliphatic rings. The maximum Gasteiger partial charge on any atom is 0.168 e. The fourth-order valence-electron chi connectivity index (χ4n) is 2.96. The molecule has 3 heteroatoms. The lowest BCUT2D eigenvalue weighted by atomic mass is 9.96. The van der Waals surface area contributed by atoms with E-state index >= 15 is 0 Å². The smallest absolute Gasteiger partial charge is 0.168 e. The van der Waals surface area contributed by atoms with Crippen molar-refractivity contribution >= 4 is 11.6 Å². The van der Waals surface area contributed by atoms with Gasteiger partial charge >= 0.3 is 0 Å². The Morgan fingerprint density at radius 1 is 1.20 bits per heavy atom. The lowest BCUT2D eigenvalue weighted by Crippen LogP contribution is -2.08. The van der Waals surface area contributed by atoms with Crippen molar-refractivity contribution in [1.29, 1.82) is 0 Å². The van der Waals surface area contributed by atoms with Crippen molar-refractivity contribution in [2.75, 3.05) is 7.11 Å². The number of alkyl halides is 1. The zero-order valence-electron chi connectivity index (χ0n) is 11.3. The highest BCUT2D eigenvalue weighted by Gasteiger charge is 2.31. The average Bonchev–Trinajstić information content (AvgIpc) is 2.78. The lowest BCUT2D eigenvalue weighted by Gasteiger charge is -2.15. The van der Waals surface area contributed by atoms with Gasteiger partial charge in [0.25, 0.3) is 0 Å². The maximum atomic E-state index is 14.2. The van der Waals surface area contributed by atoms with Gasteiger partial charge in [0.1, 0.15) is 0 Å². The Balaban J connectivity index is 1.84. The van der Waals surface area contributed by atoms with Crippen LogP contribution in [0.25, 0.3) is 0 Å². The molecule has 2 atom stereocenters. The first-order valence-electron chi connectivity index (χ1n) is 6.74. The highest BCUT2D eigenvalue weighted by Crippen LogP contribution is 2.42. The van der Waals surface area contributed by atoms with Crippen molar-refractivity contribution in [2.24, 2.45) is 5.92 Å². The van der Waals surface area contributed by atoms with Crippen molar-refractivity contribution in [3.63, 3.8) is 0 Å². The zero-order chi connectivity index (χ0) is 14.1. The van der Waals surface area contributed by atoms with Crippen LogP contribution in [0.5, 0.6) is 5.75 Å². The predicted octanol–water partition coefficient (Wildman–Crippen LogP) is 4.53. The Morgan fingerprint density at radius 2 is 2.00 bits per heavy atom. The van der Waals surface area contributed by atoms with Crippen LogP contribution in [0.15, 0.2) is 42.5 Å². The third-order valence-electron chi connectivity index (χ3n) is 3.99. The maximum absolute atomic E-state index is 14.2. The first-order valence-corrected chi connectivity index (χ1v) is 7.17. The molecule has 0 aliphatic heterocycles. The number of ether oxygens (including phenoxy) is 1. The number of halogens is 2. The van der Waals surface area contributed by atoms with E-state index in [-0.39, 0.29) is 17.1 Å². The predicted molar refractivity (Wildman–Crippen MR) is 78.9 cm³/mol. The van der Waals surface area contributed by atoms with Crippen LogP contribution in [0.4, 0.5) is 4.39 Å². The summed E-state index contributed by atoms with van der Waals surface area (Å²) in [5.41, 5.74) is 3.14. The van der Waals surface area contributed by atoms with Gasteiger partial charge in [-0.1, -0.05) is 36.4 Å². The minimum absolute atomic E-state index is 0.0446. The summed E-state index contributed by atoms with van der Waals surface area (Å²) in [7, 11) is 1.48. The number of hydrogen-bond acceptors (Lipinski definition) is 1. The van der Waals surface area contributed by atoms with Gasteiger partial charge in [0.2, 0.25) is 0 Å². The molecule has 0 amide bonds. The van der Waals surface area contributed by atoms with E-state index in [2.05, 4.69) is 12.1 Å². The van der Waals surface area contributed by atoms with Gasteiger partial charge in [-0.25, -0.2) is 4.39 Å². The topological polar surface area (TPSA) is 9.23 Å². The molecule has 0 N–H and O–H groups in total. The Hall–Kier alpha value is -1.54. The highest BCUT2D eigenvalue weighted by molar-refractivity contribution is 6.21. The Morgan fingerprint density at radius 3 is 2.75 bits per heavy atom. The van der Waals surface area contributed by atoms with Crippen LogP contribution in [0.1, 0.15) is 22.1 Å². The minimum Gasteiger partial charge on any atom is -0.494 e. The van der Waals surface area contributed by atoms with E-state index in [1.165, 1.54) is 18.2 Å². The van der Waals surface area contributed by atoms with Crippen LogP contribution < -0.4 is 4.74 Å². The van der Waals surface area contributed by atoms with Gasteiger partial charge in [-0.05, 0) is 41.5 Å². The summed E-state index contributed by atoms with van der Waals surface area (Å²) >= 11 is 6.53. The molecule has 3 rings (SSSR count). The summed E-state index contributed by atoms with van der Waals surface area (Å²) in [5, 5.41) is -0.0446. The molecular weight excluding hydrogens is 275 g/mol. The van der Waals surface area contributed by atoms with Crippen LogP contribution >= 0.6 is 11.6 Å². The molecule has 0 radical (unpaired) electrons. The molecule has 2 aromatic carbocycles. The Labute approximate surface area is 123 Å². The number of benzene rings is 2. The highest BCUT2D eigenvalue weighted by atomic mass is 35.5. The fourth-order valence-corrected chi connectivity index (χ4v) is 3.35. The molecular formula is C17H16ClFO. The molecule has 0 fully saturated rings. The minimum atomic E-state index is -0.269. The van der Waals surface area contributed by atoms with Crippen molar-refractivity contribution in [2.45, 2.75) is 18.2 Å². The van der Waals surface area contributed by atoms with Gasteiger partial charge in [0, 0.05) is 0 Å². The second kappa shape index (κ2) is 5.45. The quantitative estimate of drug-likeness (QED) is 0.755. The molecule has 1 nitrogen and oxygen atoms in total. The summed E-state index contributed by atoms with van der Waals surface area (Å²) < 4.78 is 19.2. The summed E-state index contributed by atoms with van der Waals surface area (Å²) in [6.45, 7) is 0. The van der Waals surface area contributed by atoms with Crippen molar-refractivity contribution in [3.8, 4) is 5.75 Å². The number of rotatable bonds is 3. The van der Waals surface area contributed by atoms with Crippen LogP contribution in [0.2, 0.25) is 0 Å². The van der Waals surface area contributed by atoms with Crippen molar-refractivity contribution in [3.05, 3.63) is 65.0 Å². The van der Waals surface area contributed by atoms with E-state index in [1.807, 2.05) is 24.3 Å². The van der Waals surface area contributed by atoms with E-state index in [0.29, 0.717) is 17.7 Å². The van der Waals surface area contributed by atoms with Crippen molar-refractivity contribution < 1.29 is 9.13 Å². The molecule has 0 aromatic heterocycles. The molecule has 0 saturated carbocycles. The van der Waals surface area contributed by atoms with Crippen LogP contribution in [-0.4, -0.2) is 7.11 Å². The van der Waals surface area contributed by atoms with E-state index in [4.69, 9.17) is 16.3 Å². The SMILES string of the molecule is COc1cccc(CC2Cc3ccccc3C2Cl)c1F. The molecule has 2 unspecified atom stereocenters. The summed E-state index contributed by atoms with van der Waals surface area (Å²) in [4.78, 5) is 0. The summed E-state index contributed by atoms with van der Waals surface area (Å²) in [5.74, 6) is 0.259. The monoisotopic (exact) mass is 290 g/mol. The second-order valence-corrected chi connectivity index (χ2v) is 5.67. The van der Waals surface area contributed by atoms with Crippen LogP contribution in [0, 0.1) is 11.7 Å². The average molecular weight is 291 g/mol. The number of fused-ring (bicyclic) bond motifs is 1. The zero-order valence-corrected chi connectivity index (χ0v) is 12.0. The normalized spacial score (nSPS) is 20.8. The molecule has 0 heterocycles. The number of hydrogen-bond donors (Lipinski definition) is 0. The van der Waals surface area contributed by atoms with Gasteiger partial charge in [0.05, 0.1) is 12.5 Å². The van der Waals surface area contributed by atoms with E-state index in [9.17, 15) is 4.39 Å². The third-order valence-corrected chi connectivity index (χ3v) is 4.58. The summed E-state index contributed by atoms with van der Waals surface area (Å²) in [6, 6.07) is 13.5. The lowest BCUT2D eigenvalue weighted by molar-refractivity contribution is 0.382. The number of methoxy groups -OCH3 is 1. The van der Waals surface area contributed by atoms with Crippen LogP contribution in [0.3, 0.4) is 0 Å². The molecule has 0 saturated heterocycles. The van der Waals surface area contributed by atoms with Gasteiger partial charge < -0.3 is 4.74 Å². The summed E-state index contributed by atoms with van der Waals surface area (Å²) in [6.07, 6.45) is 1.53. The van der Waals surface area contributed by atoms with Crippen molar-refractivity contribution in [1.82, 2.24) is 0 Å². The third kappa shape index (κ3) is 2.29. The molecule has 1 aliphatic carbocycles. The molecule has 2 aromatic rings. The molecule has 20 heavy (non-hydrogen) atoms.